The van der Waals surface area contributed by atoms with Crippen LogP contribution in [-0.4, -0.2) is 36.9 Å². The Labute approximate surface area is 155 Å². The molecule has 1 saturated heterocycles. The Morgan fingerprint density at radius 2 is 1.58 bits per heavy atom. The van der Waals surface area contributed by atoms with Crippen molar-refractivity contribution in [2.24, 2.45) is 17.6 Å². The summed E-state index contributed by atoms with van der Waals surface area (Å²) in [4.78, 5) is 41.0. The van der Waals surface area contributed by atoms with Gasteiger partial charge in [-0.1, -0.05) is 40.5 Å². The molecule has 0 radical (unpaired) electrons. The summed E-state index contributed by atoms with van der Waals surface area (Å²) in [5.74, 6) is -1.05. The molecular formula is C18H33N2O6-. The van der Waals surface area contributed by atoms with Crippen molar-refractivity contribution in [2.75, 3.05) is 13.1 Å². The first-order valence-corrected chi connectivity index (χ1v) is 9.06. The Bertz CT molecular complexity index is 421. The molecule has 1 amide bonds. The second-order valence-electron chi connectivity index (χ2n) is 6.28. The molecule has 8 nitrogen and oxygen atoms in total. The molecule has 26 heavy (non-hydrogen) atoms. The minimum atomic E-state index is -1.18. The molecule has 1 aliphatic heterocycles. The normalized spacial score (nSPS) is 14.8. The standard InChI is InChI=1S/C9H17NO3.C5H13N.C4H4O3/c1-3-7(2)6-10-8(11)4-5-9(12)13;1-3-5(2)4-6;5-3-1-2-4(6)7-3/h7H,3-6H2,1-2H3,(H,10,11)(H,12,13);5H,3-4,6H2,1-2H3;1-2H2/p-1. The smallest absolute Gasteiger partial charge is 0.314 e. The first-order valence-electron chi connectivity index (χ1n) is 9.06. The van der Waals surface area contributed by atoms with Gasteiger partial charge in [0.15, 0.2) is 0 Å². The predicted molar refractivity (Wildman–Crippen MR) is 95.5 cm³/mol. The number of aliphatic carboxylic acids is 1. The van der Waals surface area contributed by atoms with E-state index in [1.54, 1.807) is 0 Å². The van der Waals surface area contributed by atoms with E-state index in [1.165, 1.54) is 6.42 Å². The van der Waals surface area contributed by atoms with E-state index in [1.807, 2.05) is 13.8 Å². The quantitative estimate of drug-likeness (QED) is 0.467. The summed E-state index contributed by atoms with van der Waals surface area (Å²) in [7, 11) is 0. The highest BCUT2D eigenvalue weighted by Crippen LogP contribution is 2.04. The van der Waals surface area contributed by atoms with Crippen LogP contribution in [0.25, 0.3) is 0 Å². The van der Waals surface area contributed by atoms with Gasteiger partial charge in [0.1, 0.15) is 0 Å². The summed E-state index contributed by atoms with van der Waals surface area (Å²) in [6.45, 7) is 9.81. The van der Waals surface area contributed by atoms with Crippen LogP contribution in [0.15, 0.2) is 0 Å². The lowest BCUT2D eigenvalue weighted by Crippen LogP contribution is -2.30. The van der Waals surface area contributed by atoms with Crippen molar-refractivity contribution in [3.63, 3.8) is 0 Å². The number of carbonyl (C=O) groups is 4. The summed E-state index contributed by atoms with van der Waals surface area (Å²) in [6.07, 6.45) is 2.54. The first-order chi connectivity index (χ1) is 12.2. The fraction of sp³-hybridized carbons (Fsp3) is 0.778. The molecule has 0 spiro atoms. The molecular weight excluding hydrogens is 340 g/mol. The zero-order valence-electron chi connectivity index (χ0n) is 16.3. The van der Waals surface area contributed by atoms with E-state index in [2.05, 4.69) is 23.9 Å². The van der Waals surface area contributed by atoms with E-state index in [0.29, 0.717) is 18.4 Å². The van der Waals surface area contributed by atoms with Crippen LogP contribution in [-0.2, 0) is 23.9 Å². The molecule has 2 atom stereocenters. The Morgan fingerprint density at radius 3 is 1.85 bits per heavy atom. The molecule has 1 aliphatic rings. The Balaban J connectivity index is 0. The number of nitrogens with two attached hydrogens (primary N) is 1. The Kier molecular flexibility index (Phi) is 16.7. The Hall–Kier alpha value is -1.96. The van der Waals surface area contributed by atoms with Gasteiger partial charge in [0.2, 0.25) is 5.91 Å². The number of hydrogen-bond donors (Lipinski definition) is 2. The fourth-order valence-corrected chi connectivity index (χ4v) is 1.34. The first kappa shape index (κ1) is 26.3. The van der Waals surface area contributed by atoms with E-state index in [0.717, 1.165) is 13.0 Å². The highest BCUT2D eigenvalue weighted by Gasteiger charge is 2.19. The lowest BCUT2D eigenvalue weighted by molar-refractivity contribution is -0.305. The van der Waals surface area contributed by atoms with E-state index < -0.39 is 17.9 Å². The lowest BCUT2D eigenvalue weighted by Gasteiger charge is -2.09. The molecule has 2 unspecified atom stereocenters. The van der Waals surface area contributed by atoms with Crippen LogP contribution in [0.3, 0.4) is 0 Å². The molecule has 1 rings (SSSR count). The molecule has 3 N–H and O–H groups in total. The molecule has 0 bridgehead atoms. The van der Waals surface area contributed by atoms with Crippen molar-refractivity contribution in [3.05, 3.63) is 0 Å². The van der Waals surface area contributed by atoms with Crippen molar-refractivity contribution >= 4 is 23.8 Å². The van der Waals surface area contributed by atoms with Gasteiger partial charge in [-0.15, -0.1) is 0 Å². The summed E-state index contributed by atoms with van der Waals surface area (Å²) in [5.41, 5.74) is 5.28. The van der Waals surface area contributed by atoms with Gasteiger partial charge >= 0.3 is 11.9 Å². The monoisotopic (exact) mass is 373 g/mol. The molecule has 1 fully saturated rings. The van der Waals surface area contributed by atoms with Gasteiger partial charge in [0.25, 0.3) is 0 Å². The maximum Gasteiger partial charge on any atom is 0.314 e. The molecule has 0 aromatic carbocycles. The molecule has 152 valence electrons. The van der Waals surface area contributed by atoms with Crippen molar-refractivity contribution in [3.8, 4) is 0 Å². The number of nitrogens with one attached hydrogen (secondary N) is 1. The third-order valence-electron chi connectivity index (χ3n) is 3.76. The van der Waals surface area contributed by atoms with Gasteiger partial charge in [0.05, 0.1) is 12.8 Å². The number of carbonyl (C=O) groups excluding carboxylic acids is 4. The Morgan fingerprint density at radius 1 is 1.08 bits per heavy atom. The SMILES string of the molecule is CCC(C)CN.CCC(C)CNC(=O)CCC(=O)[O-].O=C1CCC(=O)O1. The second kappa shape index (κ2) is 16.5. The molecule has 0 aromatic heterocycles. The summed E-state index contributed by atoms with van der Waals surface area (Å²) in [6, 6.07) is 0. The van der Waals surface area contributed by atoms with Crippen LogP contribution in [0.1, 0.15) is 66.2 Å². The van der Waals surface area contributed by atoms with Gasteiger partial charge in [-0.2, -0.15) is 0 Å². The topological polar surface area (TPSA) is 139 Å². The number of cyclic esters (lactones) is 2. The molecule has 0 saturated carbocycles. The number of carboxylic acids is 1. The highest BCUT2D eigenvalue weighted by atomic mass is 16.6. The third kappa shape index (κ3) is 18.4. The lowest BCUT2D eigenvalue weighted by atomic mass is 10.1. The number of carboxylic acid groups (broad SMARTS) is 1. The summed E-state index contributed by atoms with van der Waals surface area (Å²) < 4.78 is 4.08. The van der Waals surface area contributed by atoms with Crippen LogP contribution in [0.4, 0.5) is 0 Å². The van der Waals surface area contributed by atoms with Crippen LogP contribution in [0.5, 0.6) is 0 Å². The number of esters is 2. The van der Waals surface area contributed by atoms with Gasteiger partial charge in [-0.3, -0.25) is 14.4 Å². The fourth-order valence-electron chi connectivity index (χ4n) is 1.34. The predicted octanol–water partition coefficient (Wildman–Crippen LogP) is 0.520. The van der Waals surface area contributed by atoms with Crippen LogP contribution in [0, 0.1) is 11.8 Å². The number of amides is 1. The second-order valence-corrected chi connectivity index (χ2v) is 6.28. The van der Waals surface area contributed by atoms with E-state index in [4.69, 9.17) is 5.73 Å². The molecule has 0 aromatic rings. The maximum absolute atomic E-state index is 11.0. The van der Waals surface area contributed by atoms with Crippen LogP contribution in [0.2, 0.25) is 0 Å². The molecule has 8 heteroatoms. The minimum absolute atomic E-state index is 0.0127. The largest absolute Gasteiger partial charge is 0.550 e. The third-order valence-corrected chi connectivity index (χ3v) is 3.76. The average Bonchev–Trinajstić information content (AvgIpc) is 3.00. The summed E-state index contributed by atoms with van der Waals surface area (Å²) in [5, 5.41) is 12.7. The molecule has 0 aliphatic carbocycles. The zero-order valence-corrected chi connectivity index (χ0v) is 16.3. The van der Waals surface area contributed by atoms with Gasteiger partial charge in [-0.25, -0.2) is 0 Å². The average molecular weight is 373 g/mol. The van der Waals surface area contributed by atoms with Crippen molar-refractivity contribution in [1.82, 2.24) is 5.32 Å². The minimum Gasteiger partial charge on any atom is -0.550 e. The van der Waals surface area contributed by atoms with Crippen molar-refractivity contribution in [1.29, 1.82) is 0 Å². The highest BCUT2D eigenvalue weighted by molar-refractivity contribution is 5.92. The van der Waals surface area contributed by atoms with Crippen molar-refractivity contribution < 1.29 is 29.0 Å². The number of ether oxygens (including phenoxy) is 1. The van der Waals surface area contributed by atoms with Gasteiger partial charge in [0, 0.05) is 18.9 Å². The zero-order chi connectivity index (χ0) is 20.5. The van der Waals surface area contributed by atoms with Crippen molar-refractivity contribution in [2.45, 2.75) is 66.2 Å². The van der Waals surface area contributed by atoms with E-state index in [-0.39, 0.29) is 31.6 Å². The van der Waals surface area contributed by atoms with E-state index >= 15 is 0 Å². The van der Waals surface area contributed by atoms with Crippen LogP contribution >= 0.6 is 0 Å². The number of rotatable bonds is 8. The number of hydrogen-bond acceptors (Lipinski definition) is 7. The maximum atomic E-state index is 11.0. The van der Waals surface area contributed by atoms with Gasteiger partial charge in [-0.05, 0) is 24.8 Å². The van der Waals surface area contributed by atoms with E-state index in [9.17, 15) is 24.3 Å². The summed E-state index contributed by atoms with van der Waals surface area (Å²) >= 11 is 0. The van der Waals surface area contributed by atoms with Gasteiger partial charge < -0.3 is 25.7 Å². The van der Waals surface area contributed by atoms with Crippen LogP contribution < -0.4 is 16.2 Å². The molecule has 1 heterocycles.